The lowest BCUT2D eigenvalue weighted by atomic mass is 9.67. The van der Waals surface area contributed by atoms with Gasteiger partial charge in [-0.2, -0.15) is 5.26 Å². The Balaban J connectivity index is 1.45. The highest BCUT2D eigenvalue weighted by Crippen LogP contribution is 2.44. The van der Waals surface area contributed by atoms with Gasteiger partial charge in [0, 0.05) is 6.04 Å². The zero-order valence-electron chi connectivity index (χ0n) is 19.6. The number of aryl methyl sites for hydroxylation is 1. The van der Waals surface area contributed by atoms with Crippen LogP contribution in [-0.2, 0) is 20.4 Å². The van der Waals surface area contributed by atoms with Crippen molar-refractivity contribution in [3.63, 3.8) is 0 Å². The highest BCUT2D eigenvalue weighted by Gasteiger charge is 2.46. The average Bonchev–Trinajstić information content (AvgIpc) is 2.85. The smallest absolute Gasteiger partial charge is 0.316 e. The van der Waals surface area contributed by atoms with Gasteiger partial charge in [-0.15, -0.1) is 0 Å². The Bertz CT molecular complexity index is 1010. The minimum Gasteiger partial charge on any atom is -0.465 e. The lowest BCUT2D eigenvalue weighted by molar-refractivity contribution is -0.152. The zero-order valence-corrected chi connectivity index (χ0v) is 19.6. The van der Waals surface area contributed by atoms with Crippen molar-refractivity contribution < 1.29 is 13.9 Å². The molecule has 2 aliphatic rings. The van der Waals surface area contributed by atoms with Gasteiger partial charge in [-0.3, -0.25) is 4.79 Å². The van der Waals surface area contributed by atoms with E-state index < -0.39 is 10.8 Å². The third kappa shape index (κ3) is 4.42. The van der Waals surface area contributed by atoms with Gasteiger partial charge in [-0.1, -0.05) is 36.4 Å². The fraction of sp³-hybridized carbons (Fsp3) is 0.500. The third-order valence-electron chi connectivity index (χ3n) is 7.89. The summed E-state index contributed by atoms with van der Waals surface area (Å²) in [5, 5.41) is 10.1. The molecule has 174 valence electrons. The Morgan fingerprint density at radius 1 is 1.12 bits per heavy atom. The Morgan fingerprint density at radius 2 is 1.79 bits per heavy atom. The molecular formula is C28H33FN2O2. The molecule has 33 heavy (non-hydrogen) atoms. The van der Waals surface area contributed by atoms with E-state index in [0.29, 0.717) is 12.6 Å². The van der Waals surface area contributed by atoms with Crippen LogP contribution in [0, 0.1) is 24.1 Å². The summed E-state index contributed by atoms with van der Waals surface area (Å²) in [6, 6.07) is 17.8. The maximum atomic E-state index is 13.6. The van der Waals surface area contributed by atoms with Gasteiger partial charge in [0.25, 0.3) is 0 Å². The largest absolute Gasteiger partial charge is 0.465 e. The molecule has 1 heterocycles. The van der Waals surface area contributed by atoms with E-state index in [2.05, 4.69) is 11.0 Å². The zero-order chi connectivity index (χ0) is 23.5. The Kier molecular flexibility index (Phi) is 6.86. The Hall–Kier alpha value is -2.71. The van der Waals surface area contributed by atoms with Crippen molar-refractivity contribution in [2.75, 3.05) is 19.7 Å². The number of likely N-dealkylation sites (tertiary alicyclic amines) is 1. The number of ether oxygens (including phenoxy) is 1. The van der Waals surface area contributed by atoms with E-state index in [0.717, 1.165) is 68.3 Å². The molecule has 0 amide bonds. The van der Waals surface area contributed by atoms with Gasteiger partial charge in [0.05, 0.1) is 23.5 Å². The molecule has 4 nitrogen and oxygen atoms in total. The number of nitriles is 1. The van der Waals surface area contributed by atoms with Gasteiger partial charge in [-0.05, 0) is 94.3 Å². The van der Waals surface area contributed by atoms with E-state index in [1.165, 1.54) is 12.1 Å². The van der Waals surface area contributed by atoms with Crippen LogP contribution in [0.5, 0.6) is 0 Å². The molecule has 1 aliphatic heterocycles. The van der Waals surface area contributed by atoms with Crippen LogP contribution in [0.15, 0.2) is 48.5 Å². The number of rotatable bonds is 5. The molecule has 0 bridgehead atoms. The summed E-state index contributed by atoms with van der Waals surface area (Å²) < 4.78 is 19.1. The summed E-state index contributed by atoms with van der Waals surface area (Å²) in [5.41, 5.74) is 1.75. The Morgan fingerprint density at radius 3 is 2.36 bits per heavy atom. The SMILES string of the molecule is CCOC(=O)C1(c2ccccc2)CCN(C2CCC(C#N)(c3ccc(F)cc3C)CC2)CC1. The second kappa shape index (κ2) is 9.65. The number of carbonyl (C=O) groups is 1. The molecule has 4 rings (SSSR count). The second-order valence-electron chi connectivity index (χ2n) is 9.59. The molecule has 1 saturated heterocycles. The maximum Gasteiger partial charge on any atom is 0.316 e. The van der Waals surface area contributed by atoms with E-state index in [-0.39, 0.29) is 11.8 Å². The van der Waals surface area contributed by atoms with Crippen molar-refractivity contribution in [1.82, 2.24) is 4.90 Å². The number of hydrogen-bond donors (Lipinski definition) is 0. The lowest BCUT2D eigenvalue weighted by Crippen LogP contribution is -2.52. The minimum atomic E-state index is -0.579. The molecule has 1 saturated carbocycles. The molecule has 0 N–H and O–H groups in total. The highest BCUT2D eigenvalue weighted by atomic mass is 19.1. The highest BCUT2D eigenvalue weighted by molar-refractivity contribution is 5.83. The maximum absolute atomic E-state index is 13.6. The van der Waals surface area contributed by atoms with Crippen LogP contribution in [0.2, 0.25) is 0 Å². The molecule has 0 atom stereocenters. The van der Waals surface area contributed by atoms with Crippen LogP contribution in [0.25, 0.3) is 0 Å². The summed E-state index contributed by atoms with van der Waals surface area (Å²) in [6.45, 7) is 5.82. The van der Waals surface area contributed by atoms with Gasteiger partial charge in [0.1, 0.15) is 5.82 Å². The summed E-state index contributed by atoms with van der Waals surface area (Å²) in [7, 11) is 0. The molecule has 0 aromatic heterocycles. The molecule has 0 radical (unpaired) electrons. The van der Waals surface area contributed by atoms with Gasteiger partial charge in [0.2, 0.25) is 0 Å². The number of benzene rings is 2. The molecule has 1 aliphatic carbocycles. The van der Waals surface area contributed by atoms with Gasteiger partial charge >= 0.3 is 5.97 Å². The van der Waals surface area contributed by atoms with E-state index in [9.17, 15) is 14.4 Å². The fourth-order valence-corrected chi connectivity index (χ4v) is 5.97. The van der Waals surface area contributed by atoms with E-state index in [1.807, 2.05) is 44.2 Å². The van der Waals surface area contributed by atoms with Crippen LogP contribution in [-0.4, -0.2) is 36.6 Å². The Labute approximate surface area is 196 Å². The number of piperidine rings is 1. The first-order chi connectivity index (χ1) is 15.9. The molecule has 0 unspecified atom stereocenters. The first-order valence-corrected chi connectivity index (χ1v) is 12.1. The van der Waals surface area contributed by atoms with Crippen LogP contribution < -0.4 is 0 Å². The molecule has 0 spiro atoms. The molecular weight excluding hydrogens is 415 g/mol. The average molecular weight is 449 g/mol. The van der Waals surface area contributed by atoms with Crippen molar-refractivity contribution in [2.24, 2.45) is 0 Å². The van der Waals surface area contributed by atoms with Gasteiger partial charge in [-0.25, -0.2) is 4.39 Å². The standard InChI is InChI=1S/C28H33FN2O2/c1-3-33-26(32)28(22-7-5-4-6-8-22)15-17-31(18-16-28)24-11-13-27(20-30,14-12-24)25-10-9-23(29)19-21(25)2/h4-10,19,24H,3,11-18H2,1-2H3. The topological polar surface area (TPSA) is 53.3 Å². The number of nitrogens with zero attached hydrogens (tertiary/aromatic N) is 2. The summed E-state index contributed by atoms with van der Waals surface area (Å²) in [5.74, 6) is -0.371. The monoisotopic (exact) mass is 448 g/mol. The van der Waals surface area contributed by atoms with Crippen LogP contribution in [0.1, 0.15) is 62.1 Å². The summed E-state index contributed by atoms with van der Waals surface area (Å²) in [4.78, 5) is 15.5. The third-order valence-corrected chi connectivity index (χ3v) is 7.89. The van der Waals surface area contributed by atoms with Crippen molar-refractivity contribution >= 4 is 5.97 Å². The second-order valence-corrected chi connectivity index (χ2v) is 9.59. The number of hydrogen-bond acceptors (Lipinski definition) is 4. The van der Waals surface area contributed by atoms with Crippen molar-refractivity contribution in [1.29, 1.82) is 5.26 Å². The van der Waals surface area contributed by atoms with Gasteiger partial charge < -0.3 is 9.64 Å². The number of halogens is 1. The quantitative estimate of drug-likeness (QED) is 0.572. The van der Waals surface area contributed by atoms with Crippen LogP contribution in [0.4, 0.5) is 4.39 Å². The normalized spacial score (nSPS) is 25.2. The number of carbonyl (C=O) groups excluding carboxylic acids is 1. The van der Waals surface area contributed by atoms with Crippen molar-refractivity contribution in [2.45, 2.75) is 69.2 Å². The van der Waals surface area contributed by atoms with Crippen molar-refractivity contribution in [3.8, 4) is 6.07 Å². The first-order valence-electron chi connectivity index (χ1n) is 12.1. The van der Waals surface area contributed by atoms with Gasteiger partial charge in [0.15, 0.2) is 0 Å². The first kappa shape index (κ1) is 23.4. The summed E-state index contributed by atoms with van der Waals surface area (Å²) >= 11 is 0. The molecule has 2 aromatic carbocycles. The minimum absolute atomic E-state index is 0.116. The van der Waals surface area contributed by atoms with E-state index in [4.69, 9.17) is 4.74 Å². The lowest BCUT2D eigenvalue weighted by Gasteiger charge is -2.46. The molecule has 2 fully saturated rings. The van der Waals surface area contributed by atoms with Crippen LogP contribution in [0.3, 0.4) is 0 Å². The molecule has 5 heteroatoms. The van der Waals surface area contributed by atoms with Crippen LogP contribution >= 0.6 is 0 Å². The molecule has 2 aromatic rings. The summed E-state index contributed by atoms with van der Waals surface area (Å²) in [6.07, 6.45) is 4.90. The predicted molar refractivity (Wildman–Crippen MR) is 126 cm³/mol. The predicted octanol–water partition coefficient (Wildman–Crippen LogP) is 5.44. The van der Waals surface area contributed by atoms with E-state index >= 15 is 0 Å². The van der Waals surface area contributed by atoms with E-state index in [1.54, 1.807) is 6.07 Å². The number of esters is 1. The van der Waals surface area contributed by atoms with Crippen molar-refractivity contribution in [3.05, 3.63) is 71.0 Å². The fourth-order valence-electron chi connectivity index (χ4n) is 5.97.